The number of hydrogen-bond donors (Lipinski definition) is 0. The highest BCUT2D eigenvalue weighted by molar-refractivity contribution is 6.07. The Morgan fingerprint density at radius 2 is 1.60 bits per heavy atom. The summed E-state index contributed by atoms with van der Waals surface area (Å²) in [6.45, 7) is 3.67. The molecule has 4 aromatic rings. The van der Waals surface area contributed by atoms with Crippen LogP contribution in [0.1, 0.15) is 16.2 Å². The zero-order valence-electron chi connectivity index (χ0n) is 16.7. The lowest BCUT2D eigenvalue weighted by Gasteiger charge is -2.34. The van der Waals surface area contributed by atoms with E-state index in [0.29, 0.717) is 25.5 Å². The SMILES string of the molecule is O=C(c1cccc2ccccc12)N1CCN(Cc2ncc(-c3ccccc3)o2)CC1. The van der Waals surface area contributed by atoms with Crippen LogP contribution in [0.15, 0.2) is 83.4 Å². The molecule has 1 aromatic heterocycles. The molecule has 5 nitrogen and oxygen atoms in total. The Labute approximate surface area is 175 Å². The van der Waals surface area contributed by atoms with Gasteiger partial charge >= 0.3 is 0 Å². The number of amides is 1. The summed E-state index contributed by atoms with van der Waals surface area (Å²) in [5, 5.41) is 2.11. The quantitative estimate of drug-likeness (QED) is 0.510. The summed E-state index contributed by atoms with van der Waals surface area (Å²) in [5.41, 5.74) is 1.81. The van der Waals surface area contributed by atoms with Crippen molar-refractivity contribution in [2.24, 2.45) is 0 Å². The predicted molar refractivity (Wildman–Crippen MR) is 117 cm³/mol. The maximum absolute atomic E-state index is 13.1. The monoisotopic (exact) mass is 397 g/mol. The number of aromatic nitrogens is 1. The fourth-order valence-electron chi connectivity index (χ4n) is 4.00. The second-order valence-corrected chi connectivity index (χ2v) is 7.58. The molecule has 5 heteroatoms. The summed E-state index contributed by atoms with van der Waals surface area (Å²) in [5.74, 6) is 1.60. The lowest BCUT2D eigenvalue weighted by Crippen LogP contribution is -2.48. The first-order valence-electron chi connectivity index (χ1n) is 10.3. The average molecular weight is 397 g/mol. The molecule has 0 aliphatic carbocycles. The molecule has 30 heavy (non-hydrogen) atoms. The van der Waals surface area contributed by atoms with Crippen LogP contribution in [0.2, 0.25) is 0 Å². The Hall–Kier alpha value is -3.44. The van der Waals surface area contributed by atoms with Gasteiger partial charge in [0.1, 0.15) is 0 Å². The molecule has 0 bridgehead atoms. The van der Waals surface area contributed by atoms with Gasteiger partial charge in [0.2, 0.25) is 5.89 Å². The summed E-state index contributed by atoms with van der Waals surface area (Å²) < 4.78 is 5.93. The number of hydrogen-bond acceptors (Lipinski definition) is 4. The second-order valence-electron chi connectivity index (χ2n) is 7.58. The van der Waals surface area contributed by atoms with Crippen LogP contribution < -0.4 is 0 Å². The molecule has 0 spiro atoms. The van der Waals surface area contributed by atoms with Crippen molar-refractivity contribution in [1.82, 2.24) is 14.8 Å². The minimum absolute atomic E-state index is 0.105. The fraction of sp³-hybridized carbons (Fsp3) is 0.200. The van der Waals surface area contributed by atoms with Crippen LogP contribution in [0, 0.1) is 0 Å². The lowest BCUT2D eigenvalue weighted by molar-refractivity contribution is 0.0620. The summed E-state index contributed by atoms with van der Waals surface area (Å²) in [7, 11) is 0. The molecule has 1 aliphatic rings. The largest absolute Gasteiger partial charge is 0.439 e. The highest BCUT2D eigenvalue weighted by atomic mass is 16.4. The number of nitrogens with zero attached hydrogens (tertiary/aromatic N) is 3. The van der Waals surface area contributed by atoms with Crippen molar-refractivity contribution in [2.45, 2.75) is 6.54 Å². The average Bonchev–Trinajstić information content (AvgIpc) is 3.28. The van der Waals surface area contributed by atoms with Crippen molar-refractivity contribution < 1.29 is 9.21 Å². The summed E-state index contributed by atoms with van der Waals surface area (Å²) >= 11 is 0. The van der Waals surface area contributed by atoms with Crippen molar-refractivity contribution in [1.29, 1.82) is 0 Å². The molecular weight excluding hydrogens is 374 g/mol. The third kappa shape index (κ3) is 3.72. The topological polar surface area (TPSA) is 49.6 Å². The molecule has 1 aliphatic heterocycles. The number of piperazine rings is 1. The molecule has 0 unspecified atom stereocenters. The Balaban J connectivity index is 1.22. The van der Waals surface area contributed by atoms with Gasteiger partial charge in [0, 0.05) is 37.3 Å². The molecule has 0 N–H and O–H groups in total. The predicted octanol–water partition coefficient (Wildman–Crippen LogP) is 4.45. The van der Waals surface area contributed by atoms with Gasteiger partial charge in [-0.05, 0) is 16.8 Å². The van der Waals surface area contributed by atoms with Crippen LogP contribution in [-0.4, -0.2) is 46.9 Å². The highest BCUT2D eigenvalue weighted by Crippen LogP contribution is 2.22. The molecule has 3 aromatic carbocycles. The van der Waals surface area contributed by atoms with Crippen LogP contribution in [0.5, 0.6) is 0 Å². The van der Waals surface area contributed by atoms with Crippen molar-refractivity contribution in [3.05, 3.63) is 90.4 Å². The van der Waals surface area contributed by atoms with Gasteiger partial charge in [-0.25, -0.2) is 4.98 Å². The molecule has 1 fully saturated rings. The Morgan fingerprint density at radius 3 is 2.43 bits per heavy atom. The maximum Gasteiger partial charge on any atom is 0.254 e. The van der Waals surface area contributed by atoms with E-state index in [9.17, 15) is 4.79 Å². The van der Waals surface area contributed by atoms with Crippen LogP contribution in [0.4, 0.5) is 0 Å². The van der Waals surface area contributed by atoms with Crippen molar-refractivity contribution >= 4 is 16.7 Å². The van der Waals surface area contributed by atoms with Gasteiger partial charge in [-0.3, -0.25) is 9.69 Å². The molecule has 150 valence electrons. The summed E-state index contributed by atoms with van der Waals surface area (Å²) in [6, 6.07) is 24.0. The molecule has 5 rings (SSSR count). The normalized spacial score (nSPS) is 14.9. The van der Waals surface area contributed by atoms with E-state index >= 15 is 0 Å². The van der Waals surface area contributed by atoms with Gasteiger partial charge in [0.15, 0.2) is 5.76 Å². The smallest absolute Gasteiger partial charge is 0.254 e. The molecule has 1 amide bonds. The van der Waals surface area contributed by atoms with Crippen LogP contribution in [0.3, 0.4) is 0 Å². The molecule has 0 saturated carbocycles. The summed E-state index contributed by atoms with van der Waals surface area (Å²) in [4.78, 5) is 21.8. The molecule has 1 saturated heterocycles. The van der Waals surface area contributed by atoms with Crippen molar-refractivity contribution in [3.63, 3.8) is 0 Å². The van der Waals surface area contributed by atoms with E-state index in [-0.39, 0.29) is 5.91 Å². The number of carbonyl (C=O) groups is 1. The molecule has 0 atom stereocenters. The van der Waals surface area contributed by atoms with Crippen LogP contribution in [0.25, 0.3) is 22.1 Å². The van der Waals surface area contributed by atoms with Gasteiger partial charge in [-0.2, -0.15) is 0 Å². The van der Waals surface area contributed by atoms with E-state index < -0.39 is 0 Å². The number of oxazole rings is 1. The first kappa shape index (κ1) is 18.6. The Morgan fingerprint density at radius 1 is 0.867 bits per heavy atom. The first-order chi connectivity index (χ1) is 14.8. The molecular formula is C25H23N3O2. The standard InChI is InChI=1S/C25H23N3O2/c29-25(22-12-6-10-19-7-4-5-11-21(19)22)28-15-13-27(14-16-28)18-24-26-17-23(30-24)20-8-2-1-3-9-20/h1-12,17H,13-16,18H2. The molecule has 0 radical (unpaired) electrons. The van der Waals surface area contributed by atoms with Gasteiger partial charge < -0.3 is 9.32 Å². The number of rotatable bonds is 4. The van der Waals surface area contributed by atoms with E-state index in [1.54, 1.807) is 6.20 Å². The van der Waals surface area contributed by atoms with E-state index in [1.165, 1.54) is 0 Å². The second kappa shape index (κ2) is 8.13. The van der Waals surface area contributed by atoms with Gasteiger partial charge in [0.25, 0.3) is 5.91 Å². The zero-order chi connectivity index (χ0) is 20.3. The highest BCUT2D eigenvalue weighted by Gasteiger charge is 2.24. The van der Waals surface area contributed by atoms with Gasteiger partial charge in [0.05, 0.1) is 12.7 Å². The number of fused-ring (bicyclic) bond motifs is 1. The minimum Gasteiger partial charge on any atom is -0.439 e. The maximum atomic E-state index is 13.1. The fourth-order valence-corrected chi connectivity index (χ4v) is 4.00. The van der Waals surface area contributed by atoms with Crippen molar-refractivity contribution in [2.75, 3.05) is 26.2 Å². The number of benzene rings is 3. The zero-order valence-corrected chi connectivity index (χ0v) is 16.7. The van der Waals surface area contributed by atoms with E-state index in [0.717, 1.165) is 40.7 Å². The Kier molecular flexibility index (Phi) is 5.03. The van der Waals surface area contributed by atoms with Gasteiger partial charge in [-0.1, -0.05) is 66.7 Å². The summed E-state index contributed by atoms with van der Waals surface area (Å²) in [6.07, 6.45) is 1.78. The lowest BCUT2D eigenvalue weighted by atomic mass is 10.0. The minimum atomic E-state index is 0.105. The third-order valence-corrected chi connectivity index (χ3v) is 5.65. The third-order valence-electron chi connectivity index (χ3n) is 5.65. The first-order valence-corrected chi connectivity index (χ1v) is 10.3. The van der Waals surface area contributed by atoms with E-state index in [4.69, 9.17) is 4.42 Å². The Bertz CT molecular complexity index is 1160. The van der Waals surface area contributed by atoms with E-state index in [2.05, 4.69) is 9.88 Å². The number of carbonyl (C=O) groups excluding carboxylic acids is 1. The van der Waals surface area contributed by atoms with Crippen LogP contribution >= 0.6 is 0 Å². The van der Waals surface area contributed by atoms with Crippen molar-refractivity contribution in [3.8, 4) is 11.3 Å². The van der Waals surface area contributed by atoms with Gasteiger partial charge in [-0.15, -0.1) is 0 Å². The van der Waals surface area contributed by atoms with Crippen LogP contribution in [-0.2, 0) is 6.54 Å². The molecule has 2 heterocycles. The van der Waals surface area contributed by atoms with E-state index in [1.807, 2.05) is 77.7 Å².